The second-order valence-electron chi connectivity index (χ2n) is 5.85. The maximum Gasteiger partial charge on any atom is 0.0345 e. The summed E-state index contributed by atoms with van der Waals surface area (Å²) in [5.74, 6) is 1.92. The van der Waals surface area contributed by atoms with Crippen LogP contribution in [0.25, 0.3) is 10.1 Å². The molecule has 5 rings (SSSR count). The Bertz CT molecular complexity index is 518. The number of hydrogen-bond acceptors (Lipinski definition) is 2. The molecule has 1 nitrogen and oxygen atoms in total. The molecule has 2 bridgehead atoms. The van der Waals surface area contributed by atoms with E-state index in [1.165, 1.54) is 49.0 Å². The van der Waals surface area contributed by atoms with Crippen molar-refractivity contribution in [1.29, 1.82) is 0 Å². The van der Waals surface area contributed by atoms with Gasteiger partial charge in [-0.1, -0.05) is 18.2 Å². The number of hydrogen-bond donors (Lipinski definition) is 0. The third-order valence-electron chi connectivity index (χ3n) is 4.73. The summed E-state index contributed by atoms with van der Waals surface area (Å²) >= 11 is 2.00. The smallest absolute Gasteiger partial charge is 0.0345 e. The molecule has 3 saturated heterocycles. The molecule has 94 valence electrons. The number of piperidine rings is 3. The van der Waals surface area contributed by atoms with Crippen LogP contribution in [0.15, 0.2) is 30.3 Å². The average Bonchev–Trinajstić information content (AvgIpc) is 2.82. The van der Waals surface area contributed by atoms with Crippen molar-refractivity contribution in [1.82, 2.24) is 4.90 Å². The molecule has 3 aliphatic rings. The van der Waals surface area contributed by atoms with Crippen LogP contribution < -0.4 is 0 Å². The summed E-state index contributed by atoms with van der Waals surface area (Å²) < 4.78 is 1.45. The van der Waals surface area contributed by atoms with E-state index in [1.54, 1.807) is 4.88 Å². The van der Waals surface area contributed by atoms with Gasteiger partial charge in [-0.05, 0) is 61.7 Å². The average molecular weight is 257 g/mol. The molecule has 0 saturated carbocycles. The molecular weight excluding hydrogens is 238 g/mol. The maximum absolute atomic E-state index is 2.66. The Labute approximate surface area is 112 Å². The van der Waals surface area contributed by atoms with Crippen LogP contribution in [-0.4, -0.2) is 24.5 Å². The van der Waals surface area contributed by atoms with Gasteiger partial charge in [0.05, 0.1) is 0 Å². The second kappa shape index (κ2) is 4.36. The van der Waals surface area contributed by atoms with Crippen LogP contribution in [0.1, 0.15) is 17.7 Å². The highest BCUT2D eigenvalue weighted by molar-refractivity contribution is 7.19. The molecule has 1 unspecified atom stereocenters. The van der Waals surface area contributed by atoms with Crippen molar-refractivity contribution in [2.45, 2.75) is 19.3 Å². The normalized spacial score (nSPS) is 31.0. The Morgan fingerprint density at radius 3 is 2.72 bits per heavy atom. The van der Waals surface area contributed by atoms with Gasteiger partial charge in [0.1, 0.15) is 0 Å². The Morgan fingerprint density at radius 2 is 2.00 bits per heavy atom. The molecular formula is C16H19NS. The quantitative estimate of drug-likeness (QED) is 0.791. The van der Waals surface area contributed by atoms with Gasteiger partial charge < -0.3 is 4.90 Å². The van der Waals surface area contributed by atoms with Crippen molar-refractivity contribution < 1.29 is 0 Å². The van der Waals surface area contributed by atoms with Crippen molar-refractivity contribution in [2.24, 2.45) is 11.8 Å². The van der Waals surface area contributed by atoms with Gasteiger partial charge in [0.15, 0.2) is 0 Å². The van der Waals surface area contributed by atoms with Gasteiger partial charge in [0, 0.05) is 16.1 Å². The lowest BCUT2D eigenvalue weighted by Gasteiger charge is -2.44. The molecule has 1 atom stereocenters. The molecule has 0 spiro atoms. The van der Waals surface area contributed by atoms with E-state index in [1.807, 2.05) is 11.3 Å². The van der Waals surface area contributed by atoms with Crippen molar-refractivity contribution in [3.8, 4) is 0 Å². The fraction of sp³-hybridized carbons (Fsp3) is 0.500. The van der Waals surface area contributed by atoms with E-state index in [0.29, 0.717) is 0 Å². The van der Waals surface area contributed by atoms with Crippen LogP contribution in [0.4, 0.5) is 0 Å². The van der Waals surface area contributed by atoms with Crippen molar-refractivity contribution in [2.75, 3.05) is 19.6 Å². The van der Waals surface area contributed by atoms with Crippen molar-refractivity contribution in [3.05, 3.63) is 35.2 Å². The molecule has 0 amide bonds. The van der Waals surface area contributed by atoms with E-state index >= 15 is 0 Å². The molecule has 3 aliphatic heterocycles. The topological polar surface area (TPSA) is 3.24 Å². The standard InChI is InChI=1S/C16H19NS/c1-2-4-16-13(3-1)9-15(18-16)10-14-11-17-7-5-12(14)6-8-17/h1-4,9,12,14H,5-8,10-11H2. The minimum Gasteiger partial charge on any atom is -0.303 e. The van der Waals surface area contributed by atoms with Crippen LogP contribution in [0, 0.1) is 11.8 Å². The first kappa shape index (κ1) is 11.0. The zero-order chi connectivity index (χ0) is 11.9. The van der Waals surface area contributed by atoms with Crippen LogP contribution in [0.5, 0.6) is 0 Å². The third kappa shape index (κ3) is 1.88. The molecule has 2 aromatic rings. The molecule has 18 heavy (non-hydrogen) atoms. The zero-order valence-corrected chi connectivity index (χ0v) is 11.5. The summed E-state index contributed by atoms with van der Waals surface area (Å²) in [4.78, 5) is 4.26. The summed E-state index contributed by atoms with van der Waals surface area (Å²) in [6.45, 7) is 4.06. The highest BCUT2D eigenvalue weighted by atomic mass is 32.1. The minimum absolute atomic E-state index is 0.917. The minimum atomic E-state index is 0.917. The van der Waals surface area contributed by atoms with Gasteiger partial charge in [-0.3, -0.25) is 0 Å². The maximum atomic E-state index is 2.66. The van der Waals surface area contributed by atoms with Gasteiger partial charge in [0.25, 0.3) is 0 Å². The van der Waals surface area contributed by atoms with E-state index in [9.17, 15) is 0 Å². The largest absolute Gasteiger partial charge is 0.303 e. The summed E-state index contributed by atoms with van der Waals surface area (Å²) in [5.41, 5.74) is 0. The fourth-order valence-electron chi connectivity index (χ4n) is 3.71. The first-order valence-electron chi connectivity index (χ1n) is 7.08. The van der Waals surface area contributed by atoms with Gasteiger partial charge in [-0.2, -0.15) is 0 Å². The lowest BCUT2D eigenvalue weighted by Crippen LogP contribution is -2.47. The van der Waals surface area contributed by atoms with Gasteiger partial charge in [0.2, 0.25) is 0 Å². The molecule has 0 radical (unpaired) electrons. The number of nitrogens with zero attached hydrogens (tertiary/aromatic N) is 1. The number of thiophene rings is 1. The first-order chi connectivity index (χ1) is 8.88. The van der Waals surface area contributed by atoms with E-state index < -0.39 is 0 Å². The molecule has 0 aliphatic carbocycles. The fourth-order valence-corrected chi connectivity index (χ4v) is 4.87. The number of fused-ring (bicyclic) bond motifs is 4. The van der Waals surface area contributed by atoms with Crippen molar-refractivity contribution >= 4 is 21.4 Å². The SMILES string of the molecule is c1ccc2sc(CC3CN4CCC3CC4)cc2c1. The lowest BCUT2D eigenvalue weighted by molar-refractivity contribution is 0.0516. The number of benzene rings is 1. The zero-order valence-electron chi connectivity index (χ0n) is 10.6. The van der Waals surface area contributed by atoms with E-state index in [0.717, 1.165) is 11.8 Å². The summed E-state index contributed by atoms with van der Waals surface area (Å²) in [7, 11) is 0. The summed E-state index contributed by atoms with van der Waals surface area (Å²) in [5, 5.41) is 1.43. The highest BCUT2D eigenvalue weighted by Crippen LogP contribution is 2.36. The van der Waals surface area contributed by atoms with Gasteiger partial charge in [-0.25, -0.2) is 0 Å². The molecule has 1 aromatic carbocycles. The molecule has 3 fully saturated rings. The number of rotatable bonds is 2. The predicted octanol–water partition coefficient (Wildman–Crippen LogP) is 3.79. The van der Waals surface area contributed by atoms with Crippen LogP contribution >= 0.6 is 11.3 Å². The van der Waals surface area contributed by atoms with E-state index in [4.69, 9.17) is 0 Å². The van der Waals surface area contributed by atoms with Gasteiger partial charge in [-0.15, -0.1) is 11.3 Å². The summed E-state index contributed by atoms with van der Waals surface area (Å²) in [6, 6.07) is 11.2. The predicted molar refractivity (Wildman–Crippen MR) is 78.2 cm³/mol. The van der Waals surface area contributed by atoms with Crippen LogP contribution in [0.2, 0.25) is 0 Å². The summed E-state index contributed by atoms with van der Waals surface area (Å²) in [6.07, 6.45) is 4.19. The Kier molecular flexibility index (Phi) is 2.66. The molecule has 2 heteroatoms. The van der Waals surface area contributed by atoms with Crippen LogP contribution in [-0.2, 0) is 6.42 Å². The Morgan fingerprint density at radius 1 is 1.17 bits per heavy atom. The van der Waals surface area contributed by atoms with Gasteiger partial charge >= 0.3 is 0 Å². The second-order valence-corrected chi connectivity index (χ2v) is 7.02. The molecule has 0 N–H and O–H groups in total. The lowest BCUT2D eigenvalue weighted by atomic mass is 9.77. The first-order valence-corrected chi connectivity index (χ1v) is 7.90. The van der Waals surface area contributed by atoms with Crippen LogP contribution in [0.3, 0.4) is 0 Å². The monoisotopic (exact) mass is 257 g/mol. The Hall–Kier alpha value is -0.860. The van der Waals surface area contributed by atoms with Crippen molar-refractivity contribution in [3.63, 3.8) is 0 Å². The highest BCUT2D eigenvalue weighted by Gasteiger charge is 2.34. The van der Waals surface area contributed by atoms with E-state index in [-0.39, 0.29) is 0 Å². The Balaban J connectivity index is 1.57. The van der Waals surface area contributed by atoms with E-state index in [2.05, 4.69) is 35.2 Å². The molecule has 1 aromatic heterocycles. The molecule has 4 heterocycles. The third-order valence-corrected chi connectivity index (χ3v) is 5.87.